The first-order valence-corrected chi connectivity index (χ1v) is 6.15. The zero-order valence-corrected chi connectivity index (χ0v) is 10.8. The molecule has 20 heavy (non-hydrogen) atoms. The lowest BCUT2D eigenvalue weighted by Crippen LogP contribution is -2.66. The van der Waals surface area contributed by atoms with Crippen molar-refractivity contribution in [2.45, 2.75) is 19.5 Å². The number of hydrogen-bond acceptors (Lipinski definition) is 8. The van der Waals surface area contributed by atoms with Crippen LogP contribution < -0.4 is 5.43 Å². The molecule has 0 spiro atoms. The first kappa shape index (κ1) is 12.8. The van der Waals surface area contributed by atoms with E-state index in [4.69, 9.17) is 4.74 Å². The second-order valence-electron chi connectivity index (χ2n) is 4.65. The minimum absolute atomic E-state index is 0.0117. The summed E-state index contributed by atoms with van der Waals surface area (Å²) < 4.78 is 9.77. The van der Waals surface area contributed by atoms with Gasteiger partial charge in [-0.15, -0.1) is 0 Å². The van der Waals surface area contributed by atoms with Crippen molar-refractivity contribution in [3.05, 3.63) is 23.7 Å². The first-order valence-electron chi connectivity index (χ1n) is 6.15. The van der Waals surface area contributed by atoms with E-state index >= 15 is 0 Å². The largest absolute Gasteiger partial charge is 0.429 e. The lowest BCUT2D eigenvalue weighted by Gasteiger charge is -2.44. The summed E-state index contributed by atoms with van der Waals surface area (Å²) in [7, 11) is 0. The van der Waals surface area contributed by atoms with E-state index in [1.807, 2.05) is 6.08 Å². The highest BCUT2D eigenvalue weighted by Crippen LogP contribution is 2.26. The van der Waals surface area contributed by atoms with Gasteiger partial charge < -0.3 is 9.47 Å². The van der Waals surface area contributed by atoms with Crippen LogP contribution in [0.15, 0.2) is 23.7 Å². The number of esters is 3. The second-order valence-corrected chi connectivity index (χ2v) is 4.65. The molecule has 1 unspecified atom stereocenters. The van der Waals surface area contributed by atoms with Crippen LogP contribution in [-0.4, -0.2) is 47.1 Å². The Balaban J connectivity index is 1.88. The fraction of sp³-hybridized carbons (Fsp3) is 0.417. The summed E-state index contributed by atoms with van der Waals surface area (Å²) in [6.07, 6.45) is 3.34. The minimum Gasteiger partial charge on any atom is -0.429 e. The van der Waals surface area contributed by atoms with Gasteiger partial charge in [-0.25, -0.2) is 10.2 Å². The van der Waals surface area contributed by atoms with Crippen molar-refractivity contribution in [3.63, 3.8) is 0 Å². The van der Waals surface area contributed by atoms with Crippen LogP contribution in [0.1, 0.15) is 13.3 Å². The monoisotopic (exact) mass is 279 g/mol. The lowest BCUT2D eigenvalue weighted by atomic mass is 10.1. The van der Waals surface area contributed by atoms with Crippen LogP contribution >= 0.6 is 0 Å². The molecule has 0 saturated carbocycles. The number of nitrogens with one attached hydrogen (secondary N) is 1. The van der Waals surface area contributed by atoms with Gasteiger partial charge >= 0.3 is 17.9 Å². The predicted molar refractivity (Wildman–Crippen MR) is 64.0 cm³/mol. The van der Waals surface area contributed by atoms with Crippen LogP contribution in [0.2, 0.25) is 0 Å². The van der Waals surface area contributed by atoms with Crippen molar-refractivity contribution in [1.82, 2.24) is 15.3 Å². The van der Waals surface area contributed by atoms with E-state index in [2.05, 4.69) is 10.2 Å². The van der Waals surface area contributed by atoms with E-state index in [0.717, 1.165) is 0 Å². The van der Waals surface area contributed by atoms with Gasteiger partial charge in [0.2, 0.25) is 0 Å². The summed E-state index contributed by atoms with van der Waals surface area (Å²) in [5, 5.41) is 1.62. The third kappa shape index (κ3) is 2.19. The molecule has 0 radical (unpaired) electrons. The fourth-order valence-electron chi connectivity index (χ4n) is 2.38. The number of hydrogen-bond donors (Lipinski definition) is 1. The molecule has 3 heterocycles. The van der Waals surface area contributed by atoms with E-state index in [0.29, 0.717) is 24.4 Å². The maximum atomic E-state index is 11.7. The van der Waals surface area contributed by atoms with Crippen molar-refractivity contribution < 1.29 is 23.9 Å². The summed E-state index contributed by atoms with van der Waals surface area (Å²) in [5.74, 6) is -1.10. The Morgan fingerprint density at radius 1 is 1.45 bits per heavy atom. The van der Waals surface area contributed by atoms with Crippen molar-refractivity contribution in [3.8, 4) is 0 Å². The molecule has 0 aromatic carbocycles. The summed E-state index contributed by atoms with van der Waals surface area (Å²) in [5.41, 5.74) is 3.64. The third-order valence-corrected chi connectivity index (χ3v) is 3.19. The molecule has 1 N–H and O–H groups in total. The van der Waals surface area contributed by atoms with Crippen molar-refractivity contribution in [2.75, 3.05) is 13.1 Å². The van der Waals surface area contributed by atoms with Gasteiger partial charge in [0.15, 0.2) is 6.17 Å². The molecular formula is C12H13N3O5. The summed E-state index contributed by atoms with van der Waals surface area (Å²) in [6.45, 7) is 1.67. The fourth-order valence-corrected chi connectivity index (χ4v) is 2.38. The van der Waals surface area contributed by atoms with Crippen molar-refractivity contribution in [2.24, 2.45) is 0 Å². The van der Waals surface area contributed by atoms with Crippen LogP contribution in [0, 0.1) is 0 Å². The van der Waals surface area contributed by atoms with E-state index < -0.39 is 24.1 Å². The Morgan fingerprint density at radius 3 is 3.00 bits per heavy atom. The molecule has 0 aromatic heterocycles. The van der Waals surface area contributed by atoms with Gasteiger partial charge in [0.05, 0.1) is 12.2 Å². The van der Waals surface area contributed by atoms with Gasteiger partial charge in [-0.3, -0.25) is 19.5 Å². The van der Waals surface area contributed by atoms with E-state index in [-0.39, 0.29) is 6.54 Å². The lowest BCUT2D eigenvalue weighted by molar-refractivity contribution is -0.176. The molecule has 0 aliphatic carbocycles. The van der Waals surface area contributed by atoms with E-state index in [1.165, 1.54) is 6.92 Å². The Kier molecular flexibility index (Phi) is 3.03. The molecular weight excluding hydrogens is 266 g/mol. The van der Waals surface area contributed by atoms with Crippen LogP contribution in [-0.2, 0) is 23.9 Å². The Hall–Kier alpha value is -2.19. The SMILES string of the molecule is CC(=O)OC1=C2CN3CC(=O)OC(=O)C3NN2C=CC1. The third-order valence-electron chi connectivity index (χ3n) is 3.19. The summed E-state index contributed by atoms with van der Waals surface area (Å²) >= 11 is 0. The maximum absolute atomic E-state index is 11.7. The smallest absolute Gasteiger partial charge is 0.347 e. The van der Waals surface area contributed by atoms with Gasteiger partial charge in [-0.05, 0) is 0 Å². The highest BCUT2D eigenvalue weighted by atomic mass is 16.6. The minimum atomic E-state index is -0.710. The molecule has 3 aliphatic rings. The average molecular weight is 279 g/mol. The van der Waals surface area contributed by atoms with Crippen molar-refractivity contribution in [1.29, 1.82) is 0 Å². The van der Waals surface area contributed by atoms with Crippen LogP contribution in [0.3, 0.4) is 0 Å². The highest BCUT2D eigenvalue weighted by molar-refractivity contribution is 5.92. The van der Waals surface area contributed by atoms with E-state index in [1.54, 1.807) is 16.1 Å². The molecule has 0 aromatic rings. The maximum Gasteiger partial charge on any atom is 0.347 e. The van der Waals surface area contributed by atoms with E-state index in [9.17, 15) is 14.4 Å². The van der Waals surface area contributed by atoms with Crippen molar-refractivity contribution >= 4 is 17.9 Å². The topological polar surface area (TPSA) is 88.2 Å². The molecule has 3 aliphatic heterocycles. The zero-order chi connectivity index (χ0) is 14.3. The molecule has 8 nitrogen and oxygen atoms in total. The number of morpholine rings is 1. The second kappa shape index (κ2) is 4.73. The van der Waals surface area contributed by atoms with Gasteiger partial charge in [-0.2, -0.15) is 0 Å². The number of cyclic esters (lactones) is 2. The number of hydrazine groups is 1. The molecule has 2 saturated heterocycles. The Bertz CT molecular complexity index is 553. The number of fused-ring (bicyclic) bond motifs is 2. The standard InChI is InChI=1S/C12H13N3O5/c1-7(16)19-9-3-2-4-15-8(9)5-14-6-10(17)20-12(18)11(14)13-15/h2,4,11,13H,3,5-6H2,1H3. The number of carbonyl (C=O) groups excluding carboxylic acids is 3. The predicted octanol–water partition coefficient (Wildman–Crippen LogP) is -0.790. The average Bonchev–Trinajstić information content (AvgIpc) is 2.37. The number of rotatable bonds is 1. The van der Waals surface area contributed by atoms with Crippen LogP contribution in [0.25, 0.3) is 0 Å². The number of ether oxygens (including phenoxy) is 2. The van der Waals surface area contributed by atoms with Gasteiger partial charge in [0.1, 0.15) is 5.76 Å². The van der Waals surface area contributed by atoms with Crippen LogP contribution in [0.4, 0.5) is 0 Å². The quantitative estimate of drug-likeness (QED) is 0.493. The summed E-state index contributed by atoms with van der Waals surface area (Å²) in [4.78, 5) is 35.7. The van der Waals surface area contributed by atoms with Gasteiger partial charge in [-0.1, -0.05) is 6.08 Å². The first-order chi connectivity index (χ1) is 9.54. The highest BCUT2D eigenvalue weighted by Gasteiger charge is 2.42. The number of allylic oxidation sites excluding steroid dienone is 1. The molecule has 1 atom stereocenters. The summed E-state index contributed by atoms with van der Waals surface area (Å²) in [6, 6.07) is 0. The van der Waals surface area contributed by atoms with Gasteiger partial charge in [0.25, 0.3) is 0 Å². The Morgan fingerprint density at radius 2 is 2.25 bits per heavy atom. The number of nitrogens with zero attached hydrogens (tertiary/aromatic N) is 2. The molecule has 0 amide bonds. The van der Waals surface area contributed by atoms with Crippen LogP contribution in [0.5, 0.6) is 0 Å². The number of carbonyl (C=O) groups is 3. The normalized spacial score (nSPS) is 26.1. The molecule has 3 rings (SSSR count). The molecule has 2 fully saturated rings. The molecule has 8 heteroatoms. The Labute approximate surface area is 114 Å². The van der Waals surface area contributed by atoms with Gasteiger partial charge in [0, 0.05) is 26.1 Å². The molecule has 0 bridgehead atoms. The zero-order valence-electron chi connectivity index (χ0n) is 10.8. The molecule has 106 valence electrons.